The highest BCUT2D eigenvalue weighted by atomic mass is 14.9. The number of hydrogen-bond donors (Lipinski definition) is 1. The molecule has 1 fully saturated rings. The molecule has 1 nitrogen and oxygen atoms in total. The van der Waals surface area contributed by atoms with Crippen LogP contribution in [-0.4, -0.2) is 6.04 Å². The van der Waals surface area contributed by atoms with Gasteiger partial charge in [0.15, 0.2) is 0 Å². The normalized spacial score (nSPS) is 23.3. The van der Waals surface area contributed by atoms with Gasteiger partial charge in [-0.15, -0.1) is 0 Å². The van der Waals surface area contributed by atoms with Gasteiger partial charge >= 0.3 is 0 Å². The Balaban J connectivity index is 1.81. The maximum Gasteiger partial charge on any atom is 0.0342 e. The van der Waals surface area contributed by atoms with Crippen LogP contribution >= 0.6 is 0 Å². The highest BCUT2D eigenvalue weighted by Crippen LogP contribution is 2.26. The van der Waals surface area contributed by atoms with Crippen LogP contribution in [0.1, 0.15) is 64.4 Å². The summed E-state index contributed by atoms with van der Waals surface area (Å²) in [5.74, 6) is 0.888. The molecule has 0 saturated heterocycles. The van der Waals surface area contributed by atoms with E-state index in [0.29, 0.717) is 6.04 Å². The third-order valence-electron chi connectivity index (χ3n) is 4.33. The van der Waals surface area contributed by atoms with E-state index in [1.54, 1.807) is 0 Å². The van der Waals surface area contributed by atoms with E-state index in [0.717, 1.165) is 5.92 Å². The van der Waals surface area contributed by atoms with Crippen molar-refractivity contribution in [3.63, 3.8) is 0 Å². The molecule has 2 unspecified atom stereocenters. The lowest BCUT2D eigenvalue weighted by Gasteiger charge is -2.28. The quantitative estimate of drug-likeness (QED) is 0.673. The van der Waals surface area contributed by atoms with E-state index in [4.69, 9.17) is 0 Å². The molecule has 1 saturated carbocycles. The zero-order valence-electron chi connectivity index (χ0n) is 12.6. The fourth-order valence-corrected chi connectivity index (χ4v) is 3.15. The summed E-state index contributed by atoms with van der Waals surface area (Å²) in [5.41, 5.74) is 2.79. The molecule has 2 atom stereocenters. The van der Waals surface area contributed by atoms with E-state index in [1.165, 1.54) is 62.6 Å². The topological polar surface area (TPSA) is 12.0 Å². The minimum absolute atomic E-state index is 0.690. The molecule has 1 aromatic rings. The summed E-state index contributed by atoms with van der Waals surface area (Å²) in [6, 6.07) is 9.81. The first-order valence-electron chi connectivity index (χ1n) is 8.13. The fraction of sp³-hybridized carbons (Fsp3) is 0.667. The van der Waals surface area contributed by atoms with Gasteiger partial charge in [0.25, 0.3) is 0 Å². The first kappa shape index (κ1) is 14.4. The van der Waals surface area contributed by atoms with Crippen molar-refractivity contribution in [2.45, 2.75) is 71.3 Å². The second-order valence-electron chi connectivity index (χ2n) is 6.27. The molecule has 0 amide bonds. The summed E-state index contributed by atoms with van der Waals surface area (Å²) >= 11 is 0. The minimum Gasteiger partial charge on any atom is -0.382 e. The van der Waals surface area contributed by atoms with Gasteiger partial charge in [0, 0.05) is 11.7 Å². The van der Waals surface area contributed by atoms with Crippen molar-refractivity contribution < 1.29 is 0 Å². The predicted molar refractivity (Wildman–Crippen MR) is 84.7 cm³/mol. The third-order valence-corrected chi connectivity index (χ3v) is 4.33. The largest absolute Gasteiger partial charge is 0.382 e. The Morgan fingerprint density at radius 3 is 2.58 bits per heavy atom. The SMILES string of the molecule is CCCCCc1ccc(NC2CCCC(C)C2)cc1. The molecule has 0 bridgehead atoms. The lowest BCUT2D eigenvalue weighted by Crippen LogP contribution is -2.26. The number of aryl methyl sites for hydroxylation is 1. The molecule has 1 heteroatoms. The molecule has 1 aromatic carbocycles. The van der Waals surface area contributed by atoms with Crippen molar-refractivity contribution in [1.29, 1.82) is 0 Å². The van der Waals surface area contributed by atoms with Crippen molar-refractivity contribution in [3.8, 4) is 0 Å². The standard InChI is InChI=1S/C18H29N/c1-3-4-5-8-16-10-12-17(13-11-16)19-18-9-6-7-15(2)14-18/h10-13,15,18-19H,3-9,14H2,1-2H3. The lowest BCUT2D eigenvalue weighted by atomic mass is 9.87. The van der Waals surface area contributed by atoms with E-state index in [-0.39, 0.29) is 0 Å². The predicted octanol–water partition coefficient (Wildman–Crippen LogP) is 5.41. The van der Waals surface area contributed by atoms with Crippen LogP contribution in [0.25, 0.3) is 0 Å². The van der Waals surface area contributed by atoms with Crippen molar-refractivity contribution in [2.75, 3.05) is 5.32 Å². The Morgan fingerprint density at radius 2 is 1.89 bits per heavy atom. The maximum atomic E-state index is 3.71. The van der Waals surface area contributed by atoms with Gasteiger partial charge < -0.3 is 5.32 Å². The highest BCUT2D eigenvalue weighted by molar-refractivity contribution is 5.45. The van der Waals surface area contributed by atoms with Crippen LogP contribution in [0.15, 0.2) is 24.3 Å². The average molecular weight is 259 g/mol. The molecule has 0 aliphatic heterocycles. The number of anilines is 1. The van der Waals surface area contributed by atoms with E-state index >= 15 is 0 Å². The van der Waals surface area contributed by atoms with Gasteiger partial charge in [-0.25, -0.2) is 0 Å². The molecule has 0 aromatic heterocycles. The molecular weight excluding hydrogens is 230 g/mol. The monoisotopic (exact) mass is 259 g/mol. The average Bonchev–Trinajstić information content (AvgIpc) is 2.41. The fourth-order valence-electron chi connectivity index (χ4n) is 3.15. The van der Waals surface area contributed by atoms with Gasteiger partial charge in [-0.1, -0.05) is 51.7 Å². The Hall–Kier alpha value is -0.980. The van der Waals surface area contributed by atoms with Crippen LogP contribution in [0.3, 0.4) is 0 Å². The molecule has 1 aliphatic rings. The molecular formula is C18H29N. The third kappa shape index (κ3) is 4.89. The van der Waals surface area contributed by atoms with Crippen LogP contribution in [0.5, 0.6) is 0 Å². The van der Waals surface area contributed by atoms with Gasteiger partial charge in [-0.3, -0.25) is 0 Å². The molecule has 1 N–H and O–H groups in total. The van der Waals surface area contributed by atoms with Crippen LogP contribution in [0.2, 0.25) is 0 Å². The van der Waals surface area contributed by atoms with Crippen molar-refractivity contribution >= 4 is 5.69 Å². The first-order valence-corrected chi connectivity index (χ1v) is 8.13. The number of unbranched alkanes of at least 4 members (excludes halogenated alkanes) is 2. The number of nitrogens with one attached hydrogen (secondary N) is 1. The van der Waals surface area contributed by atoms with Crippen molar-refractivity contribution in [3.05, 3.63) is 29.8 Å². The summed E-state index contributed by atoms with van der Waals surface area (Å²) in [6.07, 6.45) is 10.7. The Bertz CT molecular complexity index is 354. The lowest BCUT2D eigenvalue weighted by molar-refractivity contribution is 0.358. The summed E-state index contributed by atoms with van der Waals surface area (Å²) in [6.45, 7) is 4.64. The molecule has 0 spiro atoms. The zero-order chi connectivity index (χ0) is 13.5. The Morgan fingerprint density at radius 1 is 1.11 bits per heavy atom. The van der Waals surface area contributed by atoms with E-state index < -0.39 is 0 Å². The van der Waals surface area contributed by atoms with Crippen molar-refractivity contribution in [2.24, 2.45) is 5.92 Å². The summed E-state index contributed by atoms with van der Waals surface area (Å²) in [4.78, 5) is 0. The molecule has 19 heavy (non-hydrogen) atoms. The van der Waals surface area contributed by atoms with Gasteiger partial charge in [0.05, 0.1) is 0 Å². The number of benzene rings is 1. The maximum absolute atomic E-state index is 3.71. The van der Waals surface area contributed by atoms with Crippen LogP contribution in [0, 0.1) is 5.92 Å². The second kappa shape index (κ2) is 7.57. The summed E-state index contributed by atoms with van der Waals surface area (Å²) in [5, 5.41) is 3.71. The van der Waals surface area contributed by atoms with Gasteiger partial charge in [0.1, 0.15) is 0 Å². The highest BCUT2D eigenvalue weighted by Gasteiger charge is 2.18. The second-order valence-corrected chi connectivity index (χ2v) is 6.27. The van der Waals surface area contributed by atoms with E-state index in [9.17, 15) is 0 Å². The Labute approximate surface area is 118 Å². The Kier molecular flexibility index (Phi) is 5.75. The zero-order valence-corrected chi connectivity index (χ0v) is 12.6. The number of rotatable bonds is 6. The smallest absolute Gasteiger partial charge is 0.0342 e. The van der Waals surface area contributed by atoms with Gasteiger partial charge in [-0.2, -0.15) is 0 Å². The summed E-state index contributed by atoms with van der Waals surface area (Å²) < 4.78 is 0. The van der Waals surface area contributed by atoms with Crippen LogP contribution in [0.4, 0.5) is 5.69 Å². The first-order chi connectivity index (χ1) is 9.28. The molecule has 2 rings (SSSR count). The van der Waals surface area contributed by atoms with E-state index in [2.05, 4.69) is 43.4 Å². The molecule has 0 radical (unpaired) electrons. The van der Waals surface area contributed by atoms with Crippen LogP contribution in [-0.2, 0) is 6.42 Å². The number of hydrogen-bond acceptors (Lipinski definition) is 1. The van der Waals surface area contributed by atoms with E-state index in [1.807, 2.05) is 0 Å². The van der Waals surface area contributed by atoms with Gasteiger partial charge in [0.2, 0.25) is 0 Å². The molecule has 106 valence electrons. The molecule has 1 aliphatic carbocycles. The van der Waals surface area contributed by atoms with Gasteiger partial charge in [-0.05, 0) is 49.3 Å². The molecule has 0 heterocycles. The van der Waals surface area contributed by atoms with Crippen molar-refractivity contribution in [1.82, 2.24) is 0 Å². The minimum atomic E-state index is 0.690. The van der Waals surface area contributed by atoms with Crippen LogP contribution < -0.4 is 5.32 Å². The summed E-state index contributed by atoms with van der Waals surface area (Å²) in [7, 11) is 0.